The van der Waals surface area contributed by atoms with E-state index in [1.54, 1.807) is 0 Å². The van der Waals surface area contributed by atoms with E-state index in [4.69, 9.17) is 0 Å². The fourth-order valence-corrected chi connectivity index (χ4v) is 2.72. The summed E-state index contributed by atoms with van der Waals surface area (Å²) in [6, 6.07) is 6.91. The molecule has 2 nitrogen and oxygen atoms in total. The molecule has 0 unspecified atom stereocenters. The maximum atomic E-state index is 3.57. The molecule has 2 heteroatoms. The maximum absolute atomic E-state index is 3.57. The van der Waals surface area contributed by atoms with Gasteiger partial charge in [0.25, 0.3) is 0 Å². The standard InChI is InChI=1S/C15H24N2/c1-12-5-6-14(11-13(12)2)15(16-3)7-9-17(4)10-8-15/h5-6,11,16H,7-10H2,1-4H3. The molecule has 0 saturated carbocycles. The van der Waals surface area contributed by atoms with Gasteiger partial charge in [-0.15, -0.1) is 0 Å². The summed E-state index contributed by atoms with van der Waals surface area (Å²) in [5.41, 5.74) is 4.42. The zero-order valence-electron chi connectivity index (χ0n) is 11.5. The van der Waals surface area contributed by atoms with Gasteiger partial charge >= 0.3 is 0 Å². The molecular weight excluding hydrogens is 208 g/mol. The molecule has 0 spiro atoms. The third-order valence-electron chi connectivity index (χ3n) is 4.38. The first-order chi connectivity index (χ1) is 8.07. The first-order valence-corrected chi connectivity index (χ1v) is 6.52. The maximum Gasteiger partial charge on any atom is 0.0456 e. The van der Waals surface area contributed by atoms with Crippen LogP contribution in [-0.2, 0) is 5.54 Å². The molecule has 0 amide bonds. The van der Waals surface area contributed by atoms with Crippen molar-refractivity contribution in [2.75, 3.05) is 27.2 Å². The minimum Gasteiger partial charge on any atom is -0.310 e. The van der Waals surface area contributed by atoms with E-state index >= 15 is 0 Å². The summed E-state index contributed by atoms with van der Waals surface area (Å²) in [4.78, 5) is 2.41. The van der Waals surface area contributed by atoms with Gasteiger partial charge in [-0.3, -0.25) is 0 Å². The zero-order valence-corrected chi connectivity index (χ0v) is 11.5. The Morgan fingerprint density at radius 3 is 2.29 bits per heavy atom. The first kappa shape index (κ1) is 12.6. The molecule has 1 heterocycles. The summed E-state index contributed by atoms with van der Waals surface area (Å²) in [5, 5.41) is 3.57. The Morgan fingerprint density at radius 2 is 1.76 bits per heavy atom. The molecule has 94 valence electrons. The fourth-order valence-electron chi connectivity index (χ4n) is 2.72. The summed E-state index contributed by atoms with van der Waals surface area (Å²) in [6.45, 7) is 6.73. The largest absolute Gasteiger partial charge is 0.310 e. The van der Waals surface area contributed by atoms with E-state index in [0.717, 1.165) is 0 Å². The van der Waals surface area contributed by atoms with Gasteiger partial charge in [-0.25, -0.2) is 0 Å². The molecule has 17 heavy (non-hydrogen) atoms. The molecule has 1 aromatic carbocycles. The molecule has 0 aliphatic carbocycles. The number of rotatable bonds is 2. The minimum atomic E-state index is 0.185. The van der Waals surface area contributed by atoms with Gasteiger partial charge in [-0.2, -0.15) is 0 Å². The molecule has 0 bridgehead atoms. The topological polar surface area (TPSA) is 15.3 Å². The quantitative estimate of drug-likeness (QED) is 0.842. The number of hydrogen-bond acceptors (Lipinski definition) is 2. The van der Waals surface area contributed by atoms with Crippen molar-refractivity contribution in [1.82, 2.24) is 10.2 Å². The van der Waals surface area contributed by atoms with Gasteiger partial charge in [0.2, 0.25) is 0 Å². The number of likely N-dealkylation sites (tertiary alicyclic amines) is 1. The Hall–Kier alpha value is -0.860. The van der Waals surface area contributed by atoms with Crippen molar-refractivity contribution >= 4 is 0 Å². The van der Waals surface area contributed by atoms with Gasteiger partial charge in [-0.1, -0.05) is 18.2 Å². The van der Waals surface area contributed by atoms with E-state index in [9.17, 15) is 0 Å². The van der Waals surface area contributed by atoms with E-state index < -0.39 is 0 Å². The van der Waals surface area contributed by atoms with Gasteiger partial charge in [0.1, 0.15) is 0 Å². The molecule has 1 aromatic rings. The average Bonchev–Trinajstić information content (AvgIpc) is 2.34. The van der Waals surface area contributed by atoms with Gasteiger partial charge in [0, 0.05) is 5.54 Å². The van der Waals surface area contributed by atoms with Crippen molar-refractivity contribution < 1.29 is 0 Å². The molecule has 1 fully saturated rings. The van der Waals surface area contributed by atoms with Gasteiger partial charge in [0.05, 0.1) is 0 Å². The Balaban J connectivity index is 2.31. The van der Waals surface area contributed by atoms with Crippen LogP contribution >= 0.6 is 0 Å². The molecule has 0 aromatic heterocycles. The van der Waals surface area contributed by atoms with E-state index in [1.807, 2.05) is 0 Å². The van der Waals surface area contributed by atoms with Crippen molar-refractivity contribution in [2.45, 2.75) is 32.2 Å². The van der Waals surface area contributed by atoms with E-state index in [2.05, 4.69) is 56.4 Å². The van der Waals surface area contributed by atoms with E-state index in [-0.39, 0.29) is 5.54 Å². The third-order valence-corrected chi connectivity index (χ3v) is 4.38. The Morgan fingerprint density at radius 1 is 1.12 bits per heavy atom. The lowest BCUT2D eigenvalue weighted by Crippen LogP contribution is -2.48. The van der Waals surface area contributed by atoms with Crippen molar-refractivity contribution in [1.29, 1.82) is 0 Å². The van der Waals surface area contributed by atoms with Crippen LogP contribution < -0.4 is 5.32 Å². The number of benzene rings is 1. The van der Waals surface area contributed by atoms with Crippen molar-refractivity contribution in [2.24, 2.45) is 0 Å². The zero-order chi connectivity index (χ0) is 12.5. The van der Waals surface area contributed by atoms with Crippen LogP contribution in [0.15, 0.2) is 18.2 Å². The Bertz CT molecular complexity index is 390. The molecule has 0 atom stereocenters. The highest BCUT2D eigenvalue weighted by Gasteiger charge is 2.33. The third kappa shape index (κ3) is 2.38. The monoisotopic (exact) mass is 232 g/mol. The highest BCUT2D eigenvalue weighted by atomic mass is 15.1. The Labute approximate surface area is 105 Å². The molecular formula is C15H24N2. The summed E-state index contributed by atoms with van der Waals surface area (Å²) in [5.74, 6) is 0. The first-order valence-electron chi connectivity index (χ1n) is 6.52. The van der Waals surface area contributed by atoms with Crippen LogP contribution in [0.4, 0.5) is 0 Å². The van der Waals surface area contributed by atoms with Crippen LogP contribution in [-0.4, -0.2) is 32.1 Å². The summed E-state index contributed by atoms with van der Waals surface area (Å²) in [6.07, 6.45) is 2.39. The second kappa shape index (κ2) is 4.79. The number of aryl methyl sites for hydroxylation is 2. The molecule has 0 radical (unpaired) electrons. The van der Waals surface area contributed by atoms with Crippen LogP contribution in [0, 0.1) is 13.8 Å². The highest BCUT2D eigenvalue weighted by Crippen LogP contribution is 2.33. The smallest absolute Gasteiger partial charge is 0.0456 e. The van der Waals surface area contributed by atoms with Crippen LogP contribution in [0.25, 0.3) is 0 Å². The van der Waals surface area contributed by atoms with Crippen molar-refractivity contribution in [3.8, 4) is 0 Å². The summed E-state index contributed by atoms with van der Waals surface area (Å²) in [7, 11) is 4.31. The number of nitrogens with one attached hydrogen (secondary N) is 1. The molecule has 2 rings (SSSR count). The van der Waals surface area contributed by atoms with Gasteiger partial charge < -0.3 is 10.2 Å². The number of hydrogen-bond donors (Lipinski definition) is 1. The van der Waals surface area contributed by atoms with Crippen LogP contribution in [0.3, 0.4) is 0 Å². The lowest BCUT2D eigenvalue weighted by molar-refractivity contribution is 0.164. The SMILES string of the molecule is CNC1(c2ccc(C)c(C)c2)CCN(C)CC1. The second-order valence-corrected chi connectivity index (χ2v) is 5.43. The second-order valence-electron chi connectivity index (χ2n) is 5.43. The molecule has 1 aliphatic rings. The highest BCUT2D eigenvalue weighted by molar-refractivity contribution is 5.34. The van der Waals surface area contributed by atoms with Crippen molar-refractivity contribution in [3.63, 3.8) is 0 Å². The molecule has 1 N–H and O–H groups in total. The van der Waals surface area contributed by atoms with Crippen LogP contribution in [0.1, 0.15) is 29.5 Å². The van der Waals surface area contributed by atoms with Crippen molar-refractivity contribution in [3.05, 3.63) is 34.9 Å². The minimum absolute atomic E-state index is 0.185. The lowest BCUT2D eigenvalue weighted by atomic mass is 9.80. The van der Waals surface area contributed by atoms with E-state index in [0.29, 0.717) is 0 Å². The fraction of sp³-hybridized carbons (Fsp3) is 0.600. The predicted octanol–water partition coefficient (Wildman–Crippen LogP) is 2.44. The number of piperidine rings is 1. The lowest BCUT2D eigenvalue weighted by Gasteiger charge is -2.41. The van der Waals surface area contributed by atoms with Gasteiger partial charge in [-0.05, 0) is 70.6 Å². The van der Waals surface area contributed by atoms with Crippen LogP contribution in [0.2, 0.25) is 0 Å². The molecule has 1 aliphatic heterocycles. The van der Waals surface area contributed by atoms with Gasteiger partial charge in [0.15, 0.2) is 0 Å². The number of nitrogens with zero attached hydrogens (tertiary/aromatic N) is 1. The molecule has 1 saturated heterocycles. The average molecular weight is 232 g/mol. The van der Waals surface area contributed by atoms with E-state index in [1.165, 1.54) is 42.6 Å². The predicted molar refractivity (Wildman–Crippen MR) is 73.4 cm³/mol. The Kier molecular flexibility index (Phi) is 3.55. The summed E-state index contributed by atoms with van der Waals surface area (Å²) >= 11 is 0. The normalized spacial score (nSPS) is 20.5. The van der Waals surface area contributed by atoms with Crippen LogP contribution in [0.5, 0.6) is 0 Å². The summed E-state index contributed by atoms with van der Waals surface area (Å²) < 4.78 is 0.